The molecule has 6 nitrogen and oxygen atoms in total. The summed E-state index contributed by atoms with van der Waals surface area (Å²) in [6.07, 6.45) is 0. The molecule has 0 unspecified atom stereocenters. The van der Waals surface area contributed by atoms with Crippen LogP contribution in [0.15, 0.2) is 42.5 Å². The first-order valence-electron chi connectivity index (χ1n) is 6.01. The van der Waals surface area contributed by atoms with Gasteiger partial charge in [-0.3, -0.25) is 0 Å². The number of hydrogen-bond donors (Lipinski definition) is 1. The van der Waals surface area contributed by atoms with Gasteiger partial charge in [-0.1, -0.05) is 0 Å². The van der Waals surface area contributed by atoms with Gasteiger partial charge >= 0.3 is 137 Å². The number of halogens is 1. The monoisotopic (exact) mass is 387 g/mol. The summed E-state index contributed by atoms with van der Waals surface area (Å²) in [7, 11) is 0. The average Bonchev–Trinajstić information content (AvgIpc) is 2.47. The first-order chi connectivity index (χ1) is 10.5. The molecule has 8 heteroatoms. The zero-order chi connectivity index (χ0) is 16.1. The second kappa shape index (κ2) is 7.26. The summed E-state index contributed by atoms with van der Waals surface area (Å²) in [5, 5.41) is 20.4. The van der Waals surface area contributed by atoms with E-state index in [4.69, 9.17) is 21.4 Å². The van der Waals surface area contributed by atoms with Crippen molar-refractivity contribution in [1.29, 1.82) is 0 Å². The van der Waals surface area contributed by atoms with Gasteiger partial charge in [0.25, 0.3) is 0 Å². The summed E-state index contributed by atoms with van der Waals surface area (Å²) in [6, 6.07) is 10.6. The van der Waals surface area contributed by atoms with Crippen LogP contribution < -0.4 is 9.20 Å². The van der Waals surface area contributed by atoms with E-state index in [1.54, 1.807) is 18.2 Å². The summed E-state index contributed by atoms with van der Waals surface area (Å²) in [5.41, 5.74) is 0.205. The van der Waals surface area contributed by atoms with Gasteiger partial charge in [0.1, 0.15) is 0 Å². The Hall–Kier alpha value is -2.08. The fourth-order valence-electron chi connectivity index (χ4n) is 1.68. The summed E-state index contributed by atoms with van der Waals surface area (Å²) in [6.45, 7) is 0. The van der Waals surface area contributed by atoms with Crippen LogP contribution in [0.4, 0.5) is 5.69 Å². The van der Waals surface area contributed by atoms with Gasteiger partial charge in [0.15, 0.2) is 0 Å². The van der Waals surface area contributed by atoms with Crippen LogP contribution >= 0.6 is 11.6 Å². The third kappa shape index (κ3) is 3.98. The maximum absolute atomic E-state index is 11.1. The van der Waals surface area contributed by atoms with Crippen molar-refractivity contribution >= 4 is 42.7 Å². The van der Waals surface area contributed by atoms with Crippen molar-refractivity contribution in [2.75, 3.05) is 5.51 Å². The second-order valence-corrected chi connectivity index (χ2v) is 6.54. The maximum atomic E-state index is 11.1. The minimum atomic E-state index is -1.09. The summed E-state index contributed by atoms with van der Waals surface area (Å²) in [4.78, 5) is 21.6. The van der Waals surface area contributed by atoms with E-state index in [1.165, 1.54) is 24.3 Å². The van der Waals surface area contributed by atoms with Crippen molar-refractivity contribution in [3.8, 4) is 5.75 Å². The number of nitro benzene ring substituents is 1. The second-order valence-electron chi connectivity index (χ2n) is 4.08. The van der Waals surface area contributed by atoms with Gasteiger partial charge in [-0.25, -0.2) is 0 Å². The molecule has 0 spiro atoms. The third-order valence-corrected chi connectivity index (χ3v) is 4.73. The van der Waals surface area contributed by atoms with Crippen molar-refractivity contribution in [1.82, 2.24) is 0 Å². The third-order valence-electron chi connectivity index (χ3n) is 2.66. The number of ether oxygens (including phenoxy) is 1. The first kappa shape index (κ1) is 16.3. The Morgan fingerprint density at radius 2 is 2.05 bits per heavy atom. The Labute approximate surface area is 137 Å². The van der Waals surface area contributed by atoms with E-state index < -0.39 is 10.9 Å². The van der Waals surface area contributed by atoms with Crippen molar-refractivity contribution in [3.05, 3.63) is 63.2 Å². The minimum absolute atomic E-state index is 0.0143. The Balaban J connectivity index is 2.11. The van der Waals surface area contributed by atoms with Crippen molar-refractivity contribution in [2.45, 2.75) is 0 Å². The van der Waals surface area contributed by atoms with Gasteiger partial charge in [-0.05, 0) is 0 Å². The van der Waals surface area contributed by atoms with Crippen LogP contribution in [0, 0.1) is 10.1 Å². The molecule has 0 saturated carbocycles. The van der Waals surface area contributed by atoms with Crippen LogP contribution in [0.25, 0.3) is 0 Å². The Bertz CT molecular complexity index is 722. The molecule has 2 rings (SSSR count). The molecule has 0 aliphatic carbocycles. The molecular weight excluding hydrogens is 377 g/mol. The molecule has 2 aromatic rings. The number of nitro groups is 1. The predicted molar refractivity (Wildman–Crippen MR) is 82.4 cm³/mol. The van der Waals surface area contributed by atoms with Crippen molar-refractivity contribution in [2.24, 2.45) is 0 Å². The quantitative estimate of drug-likeness (QED) is 0.467. The summed E-state index contributed by atoms with van der Waals surface area (Å²) < 4.78 is 5.96. The Morgan fingerprint density at radius 1 is 1.32 bits per heavy atom. The topological polar surface area (TPSA) is 89.7 Å². The van der Waals surface area contributed by atoms with Crippen molar-refractivity contribution in [3.63, 3.8) is 0 Å². The molecule has 114 valence electrons. The number of aromatic carboxylic acids is 1. The number of rotatable bonds is 6. The van der Waals surface area contributed by atoms with E-state index >= 15 is 0 Å². The number of benzene rings is 2. The van der Waals surface area contributed by atoms with Crippen LogP contribution in [-0.2, 0) is 0 Å². The molecule has 2 aromatic carbocycles. The first-order valence-corrected chi connectivity index (χ1v) is 8.45. The Morgan fingerprint density at radius 3 is 2.73 bits per heavy atom. The van der Waals surface area contributed by atoms with Gasteiger partial charge in [0.2, 0.25) is 0 Å². The molecule has 0 heterocycles. The molecule has 0 fully saturated rings. The molecular formula is C14H10ClNO5Se. The van der Waals surface area contributed by atoms with E-state index in [9.17, 15) is 14.9 Å². The van der Waals surface area contributed by atoms with Crippen LogP contribution in [-0.4, -0.2) is 36.5 Å². The number of carboxylic acids is 1. The fourth-order valence-corrected chi connectivity index (χ4v) is 3.71. The van der Waals surface area contributed by atoms with E-state index in [0.29, 0.717) is 9.48 Å². The molecule has 0 atom stereocenters. The van der Waals surface area contributed by atoms with Crippen molar-refractivity contribution < 1.29 is 19.6 Å². The number of nitrogens with zero attached hydrogens (tertiary/aromatic N) is 1. The zero-order valence-electron chi connectivity index (χ0n) is 11.1. The number of carbonyl (C=O) groups is 1. The van der Waals surface area contributed by atoms with E-state index in [1.807, 2.05) is 0 Å². The molecule has 0 aromatic heterocycles. The molecule has 0 amide bonds. The molecule has 0 radical (unpaired) electrons. The fraction of sp³-hybridized carbons (Fsp3) is 0.0714. The van der Waals surface area contributed by atoms with Crippen LogP contribution in [0.1, 0.15) is 10.4 Å². The molecule has 0 aliphatic rings. The SMILES string of the molecule is O=C(O)c1ccccc1OC[Se]c1cc(Cl)ccc1[N+](=O)[O-]. The van der Waals surface area contributed by atoms with E-state index in [0.717, 1.165) is 0 Å². The van der Waals surface area contributed by atoms with Crippen LogP contribution in [0.2, 0.25) is 5.02 Å². The average molecular weight is 387 g/mol. The molecule has 0 saturated heterocycles. The zero-order valence-corrected chi connectivity index (χ0v) is 13.5. The van der Waals surface area contributed by atoms with Gasteiger partial charge in [0.05, 0.1) is 0 Å². The molecule has 22 heavy (non-hydrogen) atoms. The van der Waals surface area contributed by atoms with E-state index in [-0.39, 0.29) is 37.5 Å². The standard InChI is InChI=1S/C14H10ClNO5Se/c15-9-5-6-11(16(19)20)13(7-9)22-8-21-12-4-2-1-3-10(12)14(17)18/h1-7H,8H2,(H,17,18). The van der Waals surface area contributed by atoms with Gasteiger partial charge < -0.3 is 0 Å². The number of hydrogen-bond acceptors (Lipinski definition) is 4. The van der Waals surface area contributed by atoms with Gasteiger partial charge in [0, 0.05) is 0 Å². The molecule has 0 bridgehead atoms. The predicted octanol–water partition coefficient (Wildman–Crippen LogP) is 2.31. The number of para-hydroxylation sites is 1. The molecule has 1 N–H and O–H groups in total. The van der Waals surface area contributed by atoms with Crippen LogP contribution in [0.5, 0.6) is 5.75 Å². The van der Waals surface area contributed by atoms with Gasteiger partial charge in [-0.2, -0.15) is 0 Å². The summed E-state index contributed by atoms with van der Waals surface area (Å²) in [5.74, 6) is -0.849. The van der Waals surface area contributed by atoms with Gasteiger partial charge in [-0.15, -0.1) is 0 Å². The van der Waals surface area contributed by atoms with E-state index in [2.05, 4.69) is 0 Å². The van der Waals surface area contributed by atoms with Crippen LogP contribution in [0.3, 0.4) is 0 Å². The summed E-state index contributed by atoms with van der Waals surface area (Å²) >= 11 is 5.48. The molecule has 0 aliphatic heterocycles. The Kier molecular flexibility index (Phi) is 5.38. The number of carboxylic acid groups (broad SMARTS) is 1. The normalized spacial score (nSPS) is 10.2.